The number of likely N-dealkylation sites (N-methyl/N-ethyl adjacent to an activating group) is 2. The Kier molecular flexibility index (Phi) is 4.67. The Balaban J connectivity index is 1.70. The molecule has 148 valence electrons. The van der Waals surface area contributed by atoms with E-state index in [1.807, 2.05) is 6.92 Å². The molecule has 2 aliphatic rings. The highest BCUT2D eigenvalue weighted by Gasteiger charge is 2.37. The normalized spacial score (nSPS) is 16.9. The van der Waals surface area contributed by atoms with Crippen molar-refractivity contribution in [3.63, 3.8) is 0 Å². The summed E-state index contributed by atoms with van der Waals surface area (Å²) in [5.41, 5.74) is 2.41. The van der Waals surface area contributed by atoms with Gasteiger partial charge < -0.3 is 14.7 Å². The summed E-state index contributed by atoms with van der Waals surface area (Å²) in [5, 5.41) is 7.77. The molecular weight excluding hydrogens is 402 g/mol. The average Bonchev–Trinajstić information content (AvgIpc) is 3.18. The first-order valence-electron chi connectivity index (χ1n) is 9.03. The number of amides is 3. The molecule has 1 N–H and O–H groups in total. The topological polar surface area (TPSA) is 89.6 Å². The van der Waals surface area contributed by atoms with Crippen LogP contribution in [0.15, 0.2) is 0 Å². The lowest BCUT2D eigenvalue weighted by molar-refractivity contribution is -0.118. The predicted octanol–water partition coefficient (Wildman–Crippen LogP) is 2.07. The van der Waals surface area contributed by atoms with Crippen LogP contribution in [-0.4, -0.2) is 64.4 Å². The fourth-order valence-electron chi connectivity index (χ4n) is 3.66. The van der Waals surface area contributed by atoms with Crippen LogP contribution in [0.5, 0.6) is 0 Å². The number of fused-ring (bicyclic) bond motifs is 3. The second kappa shape index (κ2) is 6.89. The minimum Gasteiger partial charge on any atom is -0.332 e. The lowest BCUT2D eigenvalue weighted by atomic mass is 10.0. The van der Waals surface area contributed by atoms with Crippen molar-refractivity contribution < 1.29 is 14.4 Å². The number of H-pyrrole nitrogens is 1. The molecule has 10 heteroatoms. The van der Waals surface area contributed by atoms with E-state index in [-0.39, 0.29) is 30.0 Å². The summed E-state index contributed by atoms with van der Waals surface area (Å²) in [4.78, 5) is 44.0. The molecule has 0 aliphatic carbocycles. The maximum absolute atomic E-state index is 12.9. The van der Waals surface area contributed by atoms with Gasteiger partial charge >= 0.3 is 0 Å². The molecule has 0 saturated heterocycles. The molecule has 8 nitrogen and oxygen atoms in total. The van der Waals surface area contributed by atoms with Crippen molar-refractivity contribution in [1.29, 1.82) is 0 Å². The molecule has 0 spiro atoms. The number of rotatable bonds is 2. The van der Waals surface area contributed by atoms with E-state index in [0.29, 0.717) is 47.3 Å². The van der Waals surface area contributed by atoms with Crippen LogP contribution in [0, 0.1) is 6.92 Å². The molecule has 2 aliphatic heterocycles. The van der Waals surface area contributed by atoms with E-state index in [1.165, 1.54) is 16.2 Å². The van der Waals surface area contributed by atoms with Gasteiger partial charge in [0.1, 0.15) is 11.5 Å². The monoisotopic (exact) mass is 421 g/mol. The van der Waals surface area contributed by atoms with Gasteiger partial charge in [-0.3, -0.25) is 19.5 Å². The van der Waals surface area contributed by atoms with Crippen molar-refractivity contribution in [2.24, 2.45) is 0 Å². The fraction of sp³-hybridized carbons (Fsp3) is 0.444. The van der Waals surface area contributed by atoms with Crippen molar-refractivity contribution in [2.75, 3.05) is 31.6 Å². The zero-order valence-electron chi connectivity index (χ0n) is 15.8. The summed E-state index contributed by atoms with van der Waals surface area (Å²) in [6.45, 7) is 5.07. The molecule has 2 aromatic rings. The largest absolute Gasteiger partial charge is 0.332 e. The van der Waals surface area contributed by atoms with Crippen molar-refractivity contribution in [3.05, 3.63) is 32.4 Å². The van der Waals surface area contributed by atoms with Crippen LogP contribution < -0.4 is 4.90 Å². The Morgan fingerprint density at radius 2 is 2.07 bits per heavy atom. The number of halogens is 1. The molecular formula is C18H20ClN5O3S. The molecule has 28 heavy (non-hydrogen) atoms. The number of anilines is 1. The Bertz CT molecular complexity index is 998. The summed E-state index contributed by atoms with van der Waals surface area (Å²) in [6, 6.07) is 0. The average molecular weight is 422 g/mol. The van der Waals surface area contributed by atoms with Gasteiger partial charge in [0.2, 0.25) is 5.91 Å². The Morgan fingerprint density at radius 3 is 2.71 bits per heavy atom. The van der Waals surface area contributed by atoms with Crippen LogP contribution in [0.2, 0.25) is 5.02 Å². The van der Waals surface area contributed by atoms with E-state index in [9.17, 15) is 14.4 Å². The van der Waals surface area contributed by atoms with E-state index < -0.39 is 0 Å². The van der Waals surface area contributed by atoms with Gasteiger partial charge in [-0.1, -0.05) is 11.6 Å². The van der Waals surface area contributed by atoms with E-state index in [1.54, 1.807) is 23.8 Å². The molecule has 0 atom stereocenters. The number of nitrogens with one attached hydrogen (secondary N) is 1. The quantitative estimate of drug-likeness (QED) is 0.803. The number of carbonyl (C=O) groups excluding carboxylic acids is 3. The third kappa shape index (κ3) is 2.80. The van der Waals surface area contributed by atoms with Gasteiger partial charge in [-0.15, -0.1) is 11.3 Å². The summed E-state index contributed by atoms with van der Waals surface area (Å²) < 4.78 is 0. The SMILES string of the molecule is CCN1C(=O)CN(C)C(=O)c2c1sc1c2CCN(C(=O)c2n[nH]c(C)c2Cl)C1. The Morgan fingerprint density at radius 1 is 1.32 bits per heavy atom. The number of nitrogens with zero attached hydrogens (tertiary/aromatic N) is 4. The zero-order chi connectivity index (χ0) is 20.2. The van der Waals surface area contributed by atoms with Gasteiger partial charge in [0.05, 0.1) is 22.8 Å². The maximum Gasteiger partial charge on any atom is 0.276 e. The molecule has 0 saturated carbocycles. The van der Waals surface area contributed by atoms with Crippen LogP contribution in [0.4, 0.5) is 5.00 Å². The number of aryl methyl sites for hydroxylation is 1. The van der Waals surface area contributed by atoms with Crippen molar-refractivity contribution in [3.8, 4) is 0 Å². The molecule has 0 bridgehead atoms. The summed E-state index contributed by atoms with van der Waals surface area (Å²) in [6.07, 6.45) is 0.555. The number of aromatic nitrogens is 2. The smallest absolute Gasteiger partial charge is 0.276 e. The minimum absolute atomic E-state index is 0.0739. The van der Waals surface area contributed by atoms with E-state index >= 15 is 0 Å². The number of hydrogen-bond acceptors (Lipinski definition) is 5. The van der Waals surface area contributed by atoms with Gasteiger partial charge in [-0.2, -0.15) is 5.10 Å². The summed E-state index contributed by atoms with van der Waals surface area (Å²) >= 11 is 7.60. The third-order valence-corrected chi connectivity index (χ3v) is 6.90. The highest BCUT2D eigenvalue weighted by molar-refractivity contribution is 7.17. The Labute approximate surface area is 171 Å². The predicted molar refractivity (Wildman–Crippen MR) is 106 cm³/mol. The van der Waals surface area contributed by atoms with Crippen molar-refractivity contribution in [2.45, 2.75) is 26.8 Å². The van der Waals surface area contributed by atoms with Crippen LogP contribution >= 0.6 is 22.9 Å². The van der Waals surface area contributed by atoms with Crippen LogP contribution in [0.3, 0.4) is 0 Å². The highest BCUT2D eigenvalue weighted by Crippen LogP contribution is 2.41. The second-order valence-corrected chi connectivity index (χ2v) is 8.43. The standard InChI is InChI=1S/C18H20ClN5O3S/c1-4-24-12(25)8-22(3)16(26)13-10-5-6-23(7-11(10)28-18(13)24)17(27)15-14(19)9(2)20-21-15/h4-8H2,1-3H3,(H,20,21). The first kappa shape index (κ1) is 18.9. The minimum atomic E-state index is -0.240. The summed E-state index contributed by atoms with van der Waals surface area (Å²) in [5.74, 6) is -0.472. The number of carbonyl (C=O) groups is 3. The lowest BCUT2D eigenvalue weighted by Crippen LogP contribution is -2.38. The van der Waals surface area contributed by atoms with Gasteiger partial charge in [-0.05, 0) is 25.8 Å². The second-order valence-electron chi connectivity index (χ2n) is 6.97. The number of aromatic amines is 1. The van der Waals surface area contributed by atoms with Crippen molar-refractivity contribution in [1.82, 2.24) is 20.0 Å². The molecule has 3 amide bonds. The maximum atomic E-state index is 12.9. The van der Waals surface area contributed by atoms with Gasteiger partial charge in [0.15, 0.2) is 5.69 Å². The van der Waals surface area contributed by atoms with Crippen LogP contribution in [0.1, 0.15) is 43.9 Å². The van der Waals surface area contributed by atoms with Crippen molar-refractivity contribution >= 4 is 45.7 Å². The Hall–Kier alpha value is -2.39. The van der Waals surface area contributed by atoms with E-state index in [4.69, 9.17) is 11.6 Å². The first-order chi connectivity index (χ1) is 13.3. The first-order valence-corrected chi connectivity index (χ1v) is 10.2. The van der Waals surface area contributed by atoms with Gasteiger partial charge in [0.25, 0.3) is 11.8 Å². The van der Waals surface area contributed by atoms with E-state index in [2.05, 4.69) is 10.2 Å². The third-order valence-electron chi connectivity index (χ3n) is 5.20. The molecule has 0 fully saturated rings. The summed E-state index contributed by atoms with van der Waals surface area (Å²) in [7, 11) is 1.65. The highest BCUT2D eigenvalue weighted by atomic mass is 35.5. The van der Waals surface area contributed by atoms with Crippen LogP contribution in [-0.2, 0) is 17.8 Å². The lowest BCUT2D eigenvalue weighted by Gasteiger charge is -2.27. The number of hydrogen-bond donors (Lipinski definition) is 1. The molecule has 0 radical (unpaired) electrons. The van der Waals surface area contributed by atoms with E-state index in [0.717, 1.165) is 10.4 Å². The molecule has 0 unspecified atom stereocenters. The zero-order valence-corrected chi connectivity index (χ0v) is 17.4. The fourth-order valence-corrected chi connectivity index (χ4v) is 5.26. The van der Waals surface area contributed by atoms with Crippen LogP contribution in [0.25, 0.3) is 0 Å². The number of thiophene rings is 1. The molecule has 4 rings (SSSR count). The molecule has 2 aromatic heterocycles. The van der Waals surface area contributed by atoms with Gasteiger partial charge in [-0.25, -0.2) is 0 Å². The molecule has 0 aromatic carbocycles. The van der Waals surface area contributed by atoms with Gasteiger partial charge in [0, 0.05) is 25.0 Å². The molecule has 4 heterocycles.